The molecule has 0 saturated heterocycles. The molecule has 2 amide bonds. The summed E-state index contributed by atoms with van der Waals surface area (Å²) >= 11 is 0. The number of nitro groups is 2. The van der Waals surface area contributed by atoms with Gasteiger partial charge in [0.1, 0.15) is 0 Å². The number of nitro benzene ring substituents is 2. The Bertz CT molecular complexity index is 1030. The van der Waals surface area contributed by atoms with Gasteiger partial charge in [-0.1, -0.05) is 0 Å². The number of nitrogens with zero attached hydrogens (tertiary/aromatic N) is 3. The summed E-state index contributed by atoms with van der Waals surface area (Å²) in [6, 6.07) is 7.65. The van der Waals surface area contributed by atoms with Crippen LogP contribution in [0.2, 0.25) is 0 Å². The van der Waals surface area contributed by atoms with Gasteiger partial charge in [0.25, 0.3) is 17.3 Å². The minimum absolute atomic E-state index is 0.0288. The zero-order valence-electron chi connectivity index (χ0n) is 15.6. The van der Waals surface area contributed by atoms with Gasteiger partial charge in [0.15, 0.2) is 5.78 Å². The zero-order chi connectivity index (χ0) is 21.8. The second-order valence-corrected chi connectivity index (χ2v) is 6.57. The average molecular weight is 412 g/mol. The molecule has 1 aliphatic rings. The quantitative estimate of drug-likeness (QED) is 0.301. The van der Waals surface area contributed by atoms with Crippen LogP contribution in [0.3, 0.4) is 0 Å². The van der Waals surface area contributed by atoms with Crippen LogP contribution >= 0.6 is 0 Å². The van der Waals surface area contributed by atoms with Gasteiger partial charge in [-0.05, 0) is 30.2 Å². The summed E-state index contributed by atoms with van der Waals surface area (Å²) in [5.41, 5.74) is 0.709. The van der Waals surface area contributed by atoms with Gasteiger partial charge >= 0.3 is 0 Å². The van der Waals surface area contributed by atoms with Crippen molar-refractivity contribution in [2.75, 3.05) is 18.0 Å². The van der Waals surface area contributed by atoms with Crippen LogP contribution in [0.25, 0.3) is 0 Å². The lowest BCUT2D eigenvalue weighted by atomic mass is 10.0. The Morgan fingerprint density at radius 1 is 1.03 bits per heavy atom. The number of anilines is 1. The minimum Gasteiger partial charge on any atom is -0.352 e. The second-order valence-electron chi connectivity index (χ2n) is 6.57. The van der Waals surface area contributed by atoms with Crippen LogP contribution in [-0.2, 0) is 11.2 Å². The Balaban J connectivity index is 1.63. The molecule has 1 heterocycles. The molecule has 0 unspecified atom stereocenters. The molecule has 0 fully saturated rings. The third-order valence-electron chi connectivity index (χ3n) is 4.68. The van der Waals surface area contributed by atoms with Crippen LogP contribution in [0.1, 0.15) is 32.7 Å². The third-order valence-corrected chi connectivity index (χ3v) is 4.68. The molecule has 11 nitrogen and oxygen atoms in total. The number of non-ortho nitro benzene ring substituents is 2. The van der Waals surface area contributed by atoms with E-state index in [-0.39, 0.29) is 24.3 Å². The van der Waals surface area contributed by atoms with Crippen LogP contribution in [0.5, 0.6) is 0 Å². The van der Waals surface area contributed by atoms with Gasteiger partial charge in [-0.25, -0.2) is 0 Å². The fraction of sp³-hybridized carbons (Fsp3) is 0.211. The lowest BCUT2D eigenvalue weighted by Crippen LogP contribution is -2.26. The molecular weight excluding hydrogens is 396 g/mol. The first-order chi connectivity index (χ1) is 14.3. The maximum absolute atomic E-state index is 12.4. The van der Waals surface area contributed by atoms with Crippen molar-refractivity contribution < 1.29 is 24.2 Å². The monoisotopic (exact) mass is 412 g/mol. The standard InChI is InChI=1S/C19H16N4O7/c24-11-21-6-4-12-7-13(1-2-17(12)21)18(25)3-5-20-19(26)14-8-15(22(27)28)10-16(9-14)23(29)30/h1-2,7-11H,3-6H2,(H,20,26). The molecule has 0 aromatic heterocycles. The molecule has 1 aliphatic heterocycles. The molecule has 0 atom stereocenters. The second kappa shape index (κ2) is 8.47. The number of benzene rings is 2. The first-order valence-corrected chi connectivity index (χ1v) is 8.90. The number of rotatable bonds is 8. The molecule has 0 radical (unpaired) electrons. The van der Waals surface area contributed by atoms with E-state index < -0.39 is 27.1 Å². The topological polar surface area (TPSA) is 153 Å². The number of nitrogens with one attached hydrogen (secondary N) is 1. The van der Waals surface area contributed by atoms with Gasteiger partial charge in [-0.3, -0.25) is 34.6 Å². The maximum Gasteiger partial charge on any atom is 0.277 e. The molecule has 2 aromatic carbocycles. The van der Waals surface area contributed by atoms with E-state index in [1.54, 1.807) is 23.1 Å². The van der Waals surface area contributed by atoms with Gasteiger partial charge < -0.3 is 10.2 Å². The SMILES string of the molecule is O=CN1CCc2cc(C(=O)CCNC(=O)c3cc([N+](=O)[O-])cc([N+](=O)[O-])c3)ccc21. The number of carbonyl (C=O) groups excluding carboxylic acids is 3. The van der Waals surface area contributed by atoms with Gasteiger partial charge in [-0.15, -0.1) is 0 Å². The van der Waals surface area contributed by atoms with Crippen LogP contribution in [0, 0.1) is 20.2 Å². The number of carbonyl (C=O) groups is 3. The summed E-state index contributed by atoms with van der Waals surface area (Å²) in [6.07, 6.45) is 1.36. The highest BCUT2D eigenvalue weighted by Crippen LogP contribution is 2.28. The van der Waals surface area contributed by atoms with E-state index in [0.717, 1.165) is 35.9 Å². The third kappa shape index (κ3) is 4.29. The highest BCUT2D eigenvalue weighted by atomic mass is 16.6. The predicted molar refractivity (Wildman–Crippen MR) is 105 cm³/mol. The predicted octanol–water partition coefficient (Wildman–Crippen LogP) is 2.02. The molecule has 154 valence electrons. The molecule has 1 N–H and O–H groups in total. The van der Waals surface area contributed by atoms with Gasteiger partial charge in [0, 0.05) is 42.9 Å². The summed E-state index contributed by atoms with van der Waals surface area (Å²) < 4.78 is 0. The summed E-state index contributed by atoms with van der Waals surface area (Å²) in [4.78, 5) is 57.3. The van der Waals surface area contributed by atoms with Crippen molar-refractivity contribution in [3.63, 3.8) is 0 Å². The summed E-state index contributed by atoms with van der Waals surface area (Å²) in [5, 5.41) is 24.3. The summed E-state index contributed by atoms with van der Waals surface area (Å²) in [7, 11) is 0. The molecule has 0 saturated carbocycles. The van der Waals surface area contributed by atoms with Gasteiger partial charge in [0.05, 0.1) is 21.5 Å². The van der Waals surface area contributed by atoms with Crippen molar-refractivity contribution in [2.24, 2.45) is 0 Å². The van der Waals surface area contributed by atoms with Crippen LogP contribution in [0.4, 0.5) is 17.1 Å². The van der Waals surface area contributed by atoms with E-state index in [2.05, 4.69) is 5.32 Å². The normalized spacial score (nSPS) is 12.2. The van der Waals surface area contributed by atoms with E-state index >= 15 is 0 Å². The van der Waals surface area contributed by atoms with Gasteiger partial charge in [-0.2, -0.15) is 0 Å². The molecule has 0 aliphatic carbocycles. The Kier molecular flexibility index (Phi) is 5.81. The van der Waals surface area contributed by atoms with Crippen LogP contribution < -0.4 is 10.2 Å². The molecule has 0 bridgehead atoms. The lowest BCUT2D eigenvalue weighted by molar-refractivity contribution is -0.394. The summed E-state index contributed by atoms with van der Waals surface area (Å²) in [5.74, 6) is -0.988. The van der Waals surface area contributed by atoms with E-state index in [1.807, 2.05) is 0 Å². The van der Waals surface area contributed by atoms with Crippen LogP contribution in [0.15, 0.2) is 36.4 Å². The van der Waals surface area contributed by atoms with E-state index in [4.69, 9.17) is 0 Å². The molecule has 0 spiro atoms. The number of hydrogen-bond donors (Lipinski definition) is 1. The minimum atomic E-state index is -0.826. The Morgan fingerprint density at radius 2 is 1.70 bits per heavy atom. The fourth-order valence-electron chi connectivity index (χ4n) is 3.18. The first kappa shape index (κ1) is 20.6. The number of ketones is 1. The van der Waals surface area contributed by atoms with E-state index in [9.17, 15) is 34.6 Å². The van der Waals surface area contributed by atoms with Crippen molar-refractivity contribution in [3.05, 3.63) is 73.3 Å². The van der Waals surface area contributed by atoms with Crippen molar-refractivity contribution >= 4 is 35.2 Å². The first-order valence-electron chi connectivity index (χ1n) is 8.90. The van der Waals surface area contributed by atoms with Crippen molar-refractivity contribution in [2.45, 2.75) is 12.8 Å². The molecule has 11 heteroatoms. The van der Waals surface area contributed by atoms with Crippen molar-refractivity contribution in [1.29, 1.82) is 0 Å². The molecular formula is C19H16N4O7. The molecule has 2 aromatic rings. The highest BCUT2D eigenvalue weighted by Gasteiger charge is 2.21. The lowest BCUT2D eigenvalue weighted by Gasteiger charge is -2.10. The van der Waals surface area contributed by atoms with Crippen LogP contribution in [-0.4, -0.2) is 41.0 Å². The van der Waals surface area contributed by atoms with Crippen molar-refractivity contribution in [1.82, 2.24) is 5.32 Å². The average Bonchev–Trinajstić information content (AvgIpc) is 3.15. The van der Waals surface area contributed by atoms with Gasteiger partial charge in [0.2, 0.25) is 6.41 Å². The highest BCUT2D eigenvalue weighted by molar-refractivity contribution is 5.99. The van der Waals surface area contributed by atoms with Crippen molar-refractivity contribution in [3.8, 4) is 0 Å². The number of amides is 2. The fourth-order valence-corrected chi connectivity index (χ4v) is 3.18. The largest absolute Gasteiger partial charge is 0.352 e. The molecule has 30 heavy (non-hydrogen) atoms. The zero-order valence-corrected chi connectivity index (χ0v) is 15.6. The smallest absolute Gasteiger partial charge is 0.277 e. The Hall–Kier alpha value is -4.15. The maximum atomic E-state index is 12.4. The van der Waals surface area contributed by atoms with E-state index in [0.29, 0.717) is 18.5 Å². The Labute approximate surface area is 169 Å². The number of hydrogen-bond acceptors (Lipinski definition) is 7. The number of fused-ring (bicyclic) bond motifs is 1. The Morgan fingerprint density at radius 3 is 2.30 bits per heavy atom. The molecule has 3 rings (SSSR count). The summed E-state index contributed by atoms with van der Waals surface area (Å²) in [6.45, 7) is 0.508. The van der Waals surface area contributed by atoms with E-state index in [1.165, 1.54) is 0 Å². The number of Topliss-reactive ketones (excluding diaryl/α,β-unsaturated/α-hetero) is 1.